The Labute approximate surface area is 122 Å². The van der Waals surface area contributed by atoms with E-state index in [1.807, 2.05) is 0 Å². The third kappa shape index (κ3) is 2.49. The van der Waals surface area contributed by atoms with E-state index in [0.717, 1.165) is 18.6 Å². The summed E-state index contributed by atoms with van der Waals surface area (Å²) in [6.45, 7) is 0. The number of thiocarbonyl (C=S) groups is 1. The van der Waals surface area contributed by atoms with Crippen LogP contribution >= 0.6 is 28.1 Å². The minimum Gasteiger partial charge on any atom is -0.392 e. The summed E-state index contributed by atoms with van der Waals surface area (Å²) in [6.07, 6.45) is 1.83. The van der Waals surface area contributed by atoms with Crippen LogP contribution in [-0.2, 0) is 4.79 Å². The first kappa shape index (κ1) is 14.3. The average molecular weight is 349 g/mol. The van der Waals surface area contributed by atoms with Crippen molar-refractivity contribution in [3.63, 3.8) is 0 Å². The topological polar surface area (TPSA) is 55.1 Å². The molecule has 0 atom stereocenters. The maximum absolute atomic E-state index is 13.6. The maximum atomic E-state index is 13.6. The van der Waals surface area contributed by atoms with E-state index in [4.69, 9.17) is 18.0 Å². The largest absolute Gasteiger partial charge is 0.392 e. The highest BCUT2D eigenvalue weighted by atomic mass is 79.9. The van der Waals surface area contributed by atoms with Gasteiger partial charge >= 0.3 is 0 Å². The Hall–Kier alpha value is -1.08. The summed E-state index contributed by atoms with van der Waals surface area (Å²) < 4.78 is 27.5. The van der Waals surface area contributed by atoms with E-state index >= 15 is 0 Å². The Morgan fingerprint density at radius 2 is 1.89 bits per heavy atom. The minimum atomic E-state index is -0.971. The van der Waals surface area contributed by atoms with E-state index in [1.165, 1.54) is 0 Å². The van der Waals surface area contributed by atoms with Crippen LogP contribution in [0.2, 0.25) is 0 Å². The number of anilines is 1. The number of rotatable bonds is 3. The van der Waals surface area contributed by atoms with Crippen LogP contribution in [0.25, 0.3) is 0 Å². The zero-order valence-electron chi connectivity index (χ0n) is 9.80. The number of hydrogen-bond acceptors (Lipinski definition) is 2. The van der Waals surface area contributed by atoms with Crippen LogP contribution in [-0.4, -0.2) is 10.9 Å². The lowest BCUT2D eigenvalue weighted by Gasteiger charge is -2.39. The van der Waals surface area contributed by atoms with Crippen LogP contribution in [0.4, 0.5) is 14.5 Å². The molecule has 0 saturated heterocycles. The number of benzene rings is 1. The molecule has 1 saturated carbocycles. The summed E-state index contributed by atoms with van der Waals surface area (Å²) >= 11 is 7.85. The van der Waals surface area contributed by atoms with E-state index in [9.17, 15) is 13.6 Å². The Morgan fingerprint density at radius 1 is 1.37 bits per heavy atom. The number of carbonyl (C=O) groups is 1. The van der Waals surface area contributed by atoms with Gasteiger partial charge in [0.2, 0.25) is 5.91 Å². The second-order valence-corrected chi connectivity index (χ2v) is 5.85. The number of amides is 1. The Bertz CT molecular complexity index is 538. The Morgan fingerprint density at radius 3 is 2.26 bits per heavy atom. The van der Waals surface area contributed by atoms with Crippen LogP contribution in [0, 0.1) is 17.0 Å². The fourth-order valence-corrected chi connectivity index (χ4v) is 2.71. The highest BCUT2D eigenvalue weighted by Crippen LogP contribution is 2.42. The molecule has 1 aromatic carbocycles. The molecular weight excluding hydrogens is 338 g/mol. The summed E-state index contributed by atoms with van der Waals surface area (Å²) in [7, 11) is 0. The molecule has 7 heteroatoms. The lowest BCUT2D eigenvalue weighted by atomic mass is 9.68. The molecule has 0 spiro atoms. The van der Waals surface area contributed by atoms with Crippen LogP contribution in [0.15, 0.2) is 16.6 Å². The summed E-state index contributed by atoms with van der Waals surface area (Å²) in [5.74, 6) is -2.25. The molecule has 1 fully saturated rings. The molecule has 19 heavy (non-hydrogen) atoms. The van der Waals surface area contributed by atoms with Crippen molar-refractivity contribution in [1.82, 2.24) is 0 Å². The predicted octanol–water partition coefficient (Wildman–Crippen LogP) is 3.12. The molecule has 0 unspecified atom stereocenters. The normalized spacial score (nSPS) is 16.6. The SMILES string of the molecule is NC(=S)C1(C(=O)Nc2c(F)cc(Br)cc2F)CCC1. The van der Waals surface area contributed by atoms with Crippen molar-refractivity contribution in [2.75, 3.05) is 5.32 Å². The second-order valence-electron chi connectivity index (χ2n) is 4.50. The van der Waals surface area contributed by atoms with Gasteiger partial charge in [-0.1, -0.05) is 34.6 Å². The number of halogens is 3. The molecular formula is C12H11BrF2N2OS. The van der Waals surface area contributed by atoms with Crippen LogP contribution in [0.5, 0.6) is 0 Å². The zero-order valence-corrected chi connectivity index (χ0v) is 12.2. The molecule has 102 valence electrons. The fraction of sp³-hybridized carbons (Fsp3) is 0.333. The van der Waals surface area contributed by atoms with Crippen molar-refractivity contribution in [2.24, 2.45) is 11.1 Å². The lowest BCUT2D eigenvalue weighted by Crippen LogP contribution is -2.50. The van der Waals surface area contributed by atoms with Crippen LogP contribution in [0.1, 0.15) is 19.3 Å². The maximum Gasteiger partial charge on any atom is 0.237 e. The van der Waals surface area contributed by atoms with Gasteiger partial charge in [0.1, 0.15) is 5.69 Å². The molecule has 1 aliphatic carbocycles. The standard InChI is InChI=1S/C12H11BrF2N2OS/c13-6-4-7(14)9(8(15)5-6)17-11(18)12(10(16)19)2-1-3-12/h4-5H,1-3H2,(H2,16,19)(H,17,18). The van der Waals surface area contributed by atoms with Crippen LogP contribution in [0.3, 0.4) is 0 Å². The Kier molecular flexibility index (Phi) is 3.87. The highest BCUT2D eigenvalue weighted by molar-refractivity contribution is 9.10. The number of hydrogen-bond donors (Lipinski definition) is 2. The van der Waals surface area contributed by atoms with Crippen molar-refractivity contribution in [3.8, 4) is 0 Å². The summed E-state index contributed by atoms with van der Waals surface area (Å²) in [4.78, 5) is 12.2. The molecule has 3 N–H and O–H groups in total. The first-order valence-corrected chi connectivity index (χ1v) is 6.83. The summed E-state index contributed by atoms with van der Waals surface area (Å²) in [6, 6.07) is 2.15. The molecule has 0 heterocycles. The number of nitrogens with two attached hydrogens (primary N) is 1. The average Bonchev–Trinajstić information content (AvgIpc) is 2.20. The number of carbonyl (C=O) groups excluding carboxylic acids is 1. The third-order valence-electron chi connectivity index (χ3n) is 3.36. The van der Waals surface area contributed by atoms with Crippen molar-refractivity contribution in [1.29, 1.82) is 0 Å². The quantitative estimate of drug-likeness (QED) is 0.825. The van der Waals surface area contributed by atoms with Crippen LogP contribution < -0.4 is 11.1 Å². The van der Waals surface area contributed by atoms with Crippen molar-refractivity contribution < 1.29 is 13.6 Å². The van der Waals surface area contributed by atoms with Gasteiger partial charge in [-0.3, -0.25) is 4.79 Å². The molecule has 0 aliphatic heterocycles. The van der Waals surface area contributed by atoms with Crippen molar-refractivity contribution in [3.05, 3.63) is 28.2 Å². The van der Waals surface area contributed by atoms with Gasteiger partial charge in [0.15, 0.2) is 11.6 Å². The van der Waals surface area contributed by atoms with Gasteiger partial charge in [-0.2, -0.15) is 0 Å². The smallest absolute Gasteiger partial charge is 0.237 e. The molecule has 1 amide bonds. The summed E-state index contributed by atoms with van der Waals surface area (Å²) in [5, 5.41) is 2.25. The second kappa shape index (κ2) is 5.13. The predicted molar refractivity (Wildman–Crippen MR) is 75.8 cm³/mol. The van der Waals surface area contributed by atoms with Crippen molar-refractivity contribution in [2.45, 2.75) is 19.3 Å². The molecule has 2 rings (SSSR count). The zero-order chi connectivity index (χ0) is 14.2. The van der Waals surface area contributed by atoms with E-state index in [1.54, 1.807) is 0 Å². The van der Waals surface area contributed by atoms with Gasteiger partial charge < -0.3 is 11.1 Å². The van der Waals surface area contributed by atoms with E-state index in [0.29, 0.717) is 12.8 Å². The monoisotopic (exact) mass is 348 g/mol. The molecule has 0 bridgehead atoms. The van der Waals surface area contributed by atoms with Gasteiger partial charge in [-0.05, 0) is 25.0 Å². The van der Waals surface area contributed by atoms with Crippen molar-refractivity contribution >= 4 is 44.7 Å². The van der Waals surface area contributed by atoms with Gasteiger partial charge in [0.05, 0.1) is 10.4 Å². The fourth-order valence-electron chi connectivity index (χ4n) is 2.01. The minimum absolute atomic E-state index is 0.0641. The van der Waals surface area contributed by atoms with Gasteiger partial charge in [-0.15, -0.1) is 0 Å². The third-order valence-corrected chi connectivity index (χ3v) is 4.21. The first-order chi connectivity index (χ1) is 8.86. The molecule has 0 aromatic heterocycles. The molecule has 1 aromatic rings. The lowest BCUT2D eigenvalue weighted by molar-refractivity contribution is -0.125. The van der Waals surface area contributed by atoms with E-state index in [-0.39, 0.29) is 9.46 Å². The van der Waals surface area contributed by atoms with E-state index < -0.39 is 28.6 Å². The molecule has 3 nitrogen and oxygen atoms in total. The van der Waals surface area contributed by atoms with Gasteiger partial charge in [0, 0.05) is 4.47 Å². The first-order valence-electron chi connectivity index (χ1n) is 5.63. The highest BCUT2D eigenvalue weighted by Gasteiger charge is 2.47. The Balaban J connectivity index is 2.27. The molecule has 0 radical (unpaired) electrons. The van der Waals surface area contributed by atoms with Gasteiger partial charge in [-0.25, -0.2) is 8.78 Å². The van der Waals surface area contributed by atoms with E-state index in [2.05, 4.69) is 21.2 Å². The van der Waals surface area contributed by atoms with Gasteiger partial charge in [0.25, 0.3) is 0 Å². The summed E-state index contributed by atoms with van der Waals surface area (Å²) in [5.41, 5.74) is 4.12. The molecule has 1 aliphatic rings. The number of nitrogens with one attached hydrogen (secondary N) is 1.